The minimum Gasteiger partial charge on any atom is -0.309 e. The molecule has 1 saturated carbocycles. The van der Waals surface area contributed by atoms with Crippen LogP contribution in [0.1, 0.15) is 64.6 Å². The summed E-state index contributed by atoms with van der Waals surface area (Å²) in [6.45, 7) is 7.42. The van der Waals surface area contributed by atoms with Gasteiger partial charge in [0.2, 0.25) is 0 Å². The number of hydrogen-bond acceptors (Lipinski definition) is 3. The first-order chi connectivity index (χ1) is 8.69. The van der Waals surface area contributed by atoms with Crippen LogP contribution >= 0.6 is 0 Å². The molecule has 1 aliphatic rings. The van der Waals surface area contributed by atoms with Crippen LogP contribution in [-0.2, 0) is 6.54 Å². The van der Waals surface area contributed by atoms with Crippen LogP contribution in [0, 0.1) is 5.92 Å². The molecule has 0 aliphatic heterocycles. The second kappa shape index (κ2) is 6.32. The molecule has 1 aromatic rings. The first kappa shape index (κ1) is 13.5. The minimum absolute atomic E-state index is 0.495. The lowest BCUT2D eigenvalue weighted by atomic mass is 9.84. The summed E-state index contributed by atoms with van der Waals surface area (Å²) in [5.41, 5.74) is 1.06. The molecule has 0 bridgehead atoms. The largest absolute Gasteiger partial charge is 0.309 e. The van der Waals surface area contributed by atoms with Gasteiger partial charge in [0.05, 0.1) is 17.9 Å². The smallest absolute Gasteiger partial charge is 0.0965 e. The quantitative estimate of drug-likeness (QED) is 0.873. The van der Waals surface area contributed by atoms with Gasteiger partial charge >= 0.3 is 0 Å². The van der Waals surface area contributed by atoms with Crippen molar-refractivity contribution in [2.24, 2.45) is 5.92 Å². The van der Waals surface area contributed by atoms with Gasteiger partial charge in [-0.25, -0.2) is 4.68 Å². The summed E-state index contributed by atoms with van der Waals surface area (Å²) < 4.78 is 2.10. The van der Waals surface area contributed by atoms with Crippen LogP contribution in [0.25, 0.3) is 0 Å². The zero-order valence-corrected chi connectivity index (χ0v) is 11.9. The lowest BCUT2D eigenvalue weighted by Gasteiger charge is -2.28. The van der Waals surface area contributed by atoms with E-state index in [-0.39, 0.29) is 0 Å². The van der Waals surface area contributed by atoms with Gasteiger partial charge in [-0.2, -0.15) is 0 Å². The van der Waals surface area contributed by atoms with Crippen molar-refractivity contribution >= 4 is 0 Å². The van der Waals surface area contributed by atoms with Gasteiger partial charge in [-0.3, -0.25) is 0 Å². The summed E-state index contributed by atoms with van der Waals surface area (Å²) in [5.74, 6) is 0.880. The summed E-state index contributed by atoms with van der Waals surface area (Å²) in [4.78, 5) is 0. The highest BCUT2D eigenvalue weighted by Crippen LogP contribution is 2.33. The molecule has 0 saturated heterocycles. The Morgan fingerprint density at radius 3 is 3.00 bits per heavy atom. The van der Waals surface area contributed by atoms with Gasteiger partial charge in [0.1, 0.15) is 0 Å². The van der Waals surface area contributed by atoms with Crippen molar-refractivity contribution in [3.63, 3.8) is 0 Å². The third-order valence-corrected chi connectivity index (χ3v) is 3.96. The van der Waals surface area contributed by atoms with Gasteiger partial charge in [-0.05, 0) is 18.8 Å². The van der Waals surface area contributed by atoms with Gasteiger partial charge in [-0.15, -0.1) is 5.10 Å². The van der Waals surface area contributed by atoms with Crippen molar-refractivity contribution in [2.75, 3.05) is 0 Å². The van der Waals surface area contributed by atoms with Gasteiger partial charge in [0, 0.05) is 12.6 Å². The topological polar surface area (TPSA) is 42.7 Å². The lowest BCUT2D eigenvalue weighted by Crippen LogP contribution is -2.22. The Labute approximate surface area is 110 Å². The molecule has 2 unspecified atom stereocenters. The summed E-state index contributed by atoms with van der Waals surface area (Å²) >= 11 is 0. The minimum atomic E-state index is 0.495. The number of nitrogens with zero attached hydrogens (tertiary/aromatic N) is 3. The molecule has 2 rings (SSSR count). The number of hydrogen-bond donors (Lipinski definition) is 1. The van der Waals surface area contributed by atoms with E-state index >= 15 is 0 Å². The number of rotatable bonds is 5. The van der Waals surface area contributed by atoms with E-state index < -0.39 is 0 Å². The Morgan fingerprint density at radius 1 is 1.44 bits per heavy atom. The van der Waals surface area contributed by atoms with E-state index in [2.05, 4.69) is 47.3 Å². The van der Waals surface area contributed by atoms with Gasteiger partial charge in [-0.1, -0.05) is 45.2 Å². The zero-order chi connectivity index (χ0) is 13.0. The standard InChI is InChI=1S/C14H26N4/c1-4-12-6-5-7-14(8-12)18-10-13(16-17-18)9-15-11(2)3/h10-12,14-15H,4-9H2,1-3H3. The maximum Gasteiger partial charge on any atom is 0.0965 e. The molecule has 1 aliphatic carbocycles. The molecular formula is C14H26N4. The molecule has 102 valence electrons. The van der Waals surface area contributed by atoms with Crippen LogP contribution in [0.4, 0.5) is 0 Å². The fourth-order valence-electron chi connectivity index (χ4n) is 2.76. The predicted molar refractivity (Wildman–Crippen MR) is 73.3 cm³/mol. The highest BCUT2D eigenvalue weighted by atomic mass is 15.4. The van der Waals surface area contributed by atoms with E-state index in [0.717, 1.165) is 18.2 Å². The normalized spacial score (nSPS) is 24.7. The van der Waals surface area contributed by atoms with Crippen molar-refractivity contribution in [3.05, 3.63) is 11.9 Å². The van der Waals surface area contributed by atoms with E-state index in [9.17, 15) is 0 Å². The van der Waals surface area contributed by atoms with Crippen molar-refractivity contribution in [3.8, 4) is 0 Å². The summed E-state index contributed by atoms with van der Waals surface area (Å²) in [5, 5.41) is 12.0. The molecule has 0 spiro atoms. The molecule has 0 aromatic carbocycles. The van der Waals surface area contributed by atoms with Crippen LogP contribution in [0.5, 0.6) is 0 Å². The average Bonchev–Trinajstić information content (AvgIpc) is 2.85. The maximum absolute atomic E-state index is 4.31. The van der Waals surface area contributed by atoms with Crippen molar-refractivity contribution in [2.45, 2.75) is 71.5 Å². The van der Waals surface area contributed by atoms with Crippen molar-refractivity contribution < 1.29 is 0 Å². The fourth-order valence-corrected chi connectivity index (χ4v) is 2.76. The fraction of sp³-hybridized carbons (Fsp3) is 0.857. The second-order valence-electron chi connectivity index (χ2n) is 5.82. The summed E-state index contributed by atoms with van der Waals surface area (Å²) in [7, 11) is 0. The molecule has 4 nitrogen and oxygen atoms in total. The van der Waals surface area contributed by atoms with Gasteiger partial charge in [0.25, 0.3) is 0 Å². The van der Waals surface area contributed by atoms with Gasteiger partial charge < -0.3 is 5.32 Å². The number of aromatic nitrogens is 3. The Bertz CT molecular complexity index is 358. The molecular weight excluding hydrogens is 224 g/mol. The lowest BCUT2D eigenvalue weighted by molar-refractivity contribution is 0.245. The van der Waals surface area contributed by atoms with E-state index in [1.807, 2.05) is 0 Å². The first-order valence-corrected chi connectivity index (χ1v) is 7.33. The van der Waals surface area contributed by atoms with E-state index in [4.69, 9.17) is 0 Å². The third kappa shape index (κ3) is 3.55. The highest BCUT2D eigenvalue weighted by molar-refractivity contribution is 4.94. The first-order valence-electron chi connectivity index (χ1n) is 7.33. The van der Waals surface area contributed by atoms with Gasteiger partial charge in [0.15, 0.2) is 0 Å². The molecule has 0 amide bonds. The number of nitrogens with one attached hydrogen (secondary N) is 1. The summed E-state index contributed by atoms with van der Waals surface area (Å²) in [6, 6.07) is 1.07. The Morgan fingerprint density at radius 2 is 2.28 bits per heavy atom. The zero-order valence-electron chi connectivity index (χ0n) is 11.9. The van der Waals surface area contributed by atoms with Crippen molar-refractivity contribution in [1.82, 2.24) is 20.3 Å². The Balaban J connectivity index is 1.92. The third-order valence-electron chi connectivity index (χ3n) is 3.96. The average molecular weight is 250 g/mol. The van der Waals surface area contributed by atoms with Crippen LogP contribution in [-0.4, -0.2) is 21.0 Å². The molecule has 1 fully saturated rings. The maximum atomic E-state index is 4.31. The van der Waals surface area contributed by atoms with Crippen LogP contribution in [0.2, 0.25) is 0 Å². The van der Waals surface area contributed by atoms with E-state index in [1.165, 1.54) is 32.1 Å². The molecule has 1 aromatic heterocycles. The second-order valence-corrected chi connectivity index (χ2v) is 5.82. The molecule has 1 heterocycles. The molecule has 1 N–H and O–H groups in total. The molecule has 2 atom stereocenters. The van der Waals surface area contributed by atoms with Crippen molar-refractivity contribution in [1.29, 1.82) is 0 Å². The van der Waals surface area contributed by atoms with Crippen LogP contribution < -0.4 is 5.32 Å². The molecule has 0 radical (unpaired) electrons. The SMILES string of the molecule is CCC1CCCC(n2cc(CNC(C)C)nn2)C1. The Kier molecular flexibility index (Phi) is 4.75. The summed E-state index contributed by atoms with van der Waals surface area (Å²) in [6.07, 6.45) is 8.69. The molecule has 4 heteroatoms. The Hall–Kier alpha value is -0.900. The molecule has 18 heavy (non-hydrogen) atoms. The van der Waals surface area contributed by atoms with Crippen LogP contribution in [0.3, 0.4) is 0 Å². The van der Waals surface area contributed by atoms with Crippen LogP contribution in [0.15, 0.2) is 6.20 Å². The monoisotopic (exact) mass is 250 g/mol. The predicted octanol–water partition coefficient (Wildman–Crippen LogP) is 2.92. The van der Waals surface area contributed by atoms with E-state index in [1.54, 1.807) is 0 Å². The highest BCUT2D eigenvalue weighted by Gasteiger charge is 2.22. The van der Waals surface area contributed by atoms with E-state index in [0.29, 0.717) is 12.1 Å².